The fourth-order valence-corrected chi connectivity index (χ4v) is 3.41. The number of rotatable bonds is 5. The Kier molecular flexibility index (Phi) is 5.03. The van der Waals surface area contributed by atoms with Gasteiger partial charge < -0.3 is 20.5 Å². The minimum atomic E-state index is -1.19. The summed E-state index contributed by atoms with van der Waals surface area (Å²) in [7, 11) is 0. The van der Waals surface area contributed by atoms with E-state index in [0.29, 0.717) is 37.1 Å². The lowest BCUT2D eigenvalue weighted by Crippen LogP contribution is -2.52. The second kappa shape index (κ2) is 7.23. The van der Waals surface area contributed by atoms with Gasteiger partial charge in [0.05, 0.1) is 0 Å². The summed E-state index contributed by atoms with van der Waals surface area (Å²) in [5, 5.41) is 14.9. The van der Waals surface area contributed by atoms with Crippen LogP contribution in [-0.2, 0) is 14.3 Å². The second-order valence-corrected chi connectivity index (χ2v) is 6.62. The molecule has 1 heterocycles. The molecule has 2 amide bonds. The van der Waals surface area contributed by atoms with Crippen LogP contribution in [0.5, 0.6) is 0 Å². The Bertz CT molecular complexity index is 676. The molecule has 1 aliphatic heterocycles. The molecule has 1 unspecified atom stereocenters. The first-order valence-electron chi connectivity index (χ1n) is 8.59. The Morgan fingerprint density at radius 3 is 2.56 bits per heavy atom. The van der Waals surface area contributed by atoms with Gasteiger partial charge in [0.1, 0.15) is 11.6 Å². The van der Waals surface area contributed by atoms with Crippen LogP contribution in [0.4, 0.5) is 5.69 Å². The molecule has 0 spiro atoms. The van der Waals surface area contributed by atoms with E-state index in [1.165, 1.54) is 0 Å². The summed E-state index contributed by atoms with van der Waals surface area (Å²) >= 11 is 0. The molecule has 1 atom stereocenters. The fourth-order valence-electron chi connectivity index (χ4n) is 3.41. The van der Waals surface area contributed by atoms with Crippen LogP contribution < -0.4 is 10.6 Å². The molecule has 3 N–H and O–H groups in total. The summed E-state index contributed by atoms with van der Waals surface area (Å²) in [5.74, 6) is -1.67. The number of amides is 2. The molecule has 2 fully saturated rings. The molecular weight excluding hydrogens is 324 g/mol. The highest BCUT2D eigenvalue weighted by Gasteiger charge is 2.42. The van der Waals surface area contributed by atoms with Gasteiger partial charge in [-0.15, -0.1) is 0 Å². The van der Waals surface area contributed by atoms with Gasteiger partial charge in [0.15, 0.2) is 0 Å². The van der Waals surface area contributed by atoms with Gasteiger partial charge in [-0.25, -0.2) is 4.79 Å². The third kappa shape index (κ3) is 3.82. The Morgan fingerprint density at radius 1 is 1.16 bits per heavy atom. The van der Waals surface area contributed by atoms with Crippen molar-refractivity contribution in [2.75, 3.05) is 11.9 Å². The van der Waals surface area contributed by atoms with Crippen molar-refractivity contribution in [3.8, 4) is 0 Å². The summed E-state index contributed by atoms with van der Waals surface area (Å²) in [4.78, 5) is 36.2. The zero-order valence-corrected chi connectivity index (χ0v) is 13.9. The van der Waals surface area contributed by atoms with Crippen LogP contribution >= 0.6 is 0 Å². The standard InChI is InChI=1S/C18H22N2O5/c21-15(20-18(17(23)24)8-1-2-9-18)12-5-3-6-13(11-12)19-16(22)14-7-4-10-25-14/h3,5-6,11,14H,1-2,4,7-10H2,(H,19,22)(H,20,21)(H,23,24). The lowest BCUT2D eigenvalue weighted by Gasteiger charge is -2.25. The van der Waals surface area contributed by atoms with Crippen molar-refractivity contribution in [1.82, 2.24) is 5.32 Å². The molecule has 7 heteroatoms. The van der Waals surface area contributed by atoms with Crippen molar-refractivity contribution in [1.29, 1.82) is 0 Å². The molecule has 0 bridgehead atoms. The van der Waals surface area contributed by atoms with E-state index in [4.69, 9.17) is 4.74 Å². The van der Waals surface area contributed by atoms with Gasteiger partial charge in [0.2, 0.25) is 0 Å². The van der Waals surface area contributed by atoms with Crippen molar-refractivity contribution in [2.45, 2.75) is 50.2 Å². The first-order valence-corrected chi connectivity index (χ1v) is 8.59. The third-order valence-corrected chi connectivity index (χ3v) is 4.83. The molecule has 1 saturated carbocycles. The van der Waals surface area contributed by atoms with Crippen molar-refractivity contribution in [3.05, 3.63) is 29.8 Å². The predicted octanol–water partition coefficient (Wildman–Crippen LogP) is 1.93. The van der Waals surface area contributed by atoms with Crippen molar-refractivity contribution < 1.29 is 24.2 Å². The number of aliphatic carboxylic acids is 1. The Hall–Kier alpha value is -2.41. The van der Waals surface area contributed by atoms with E-state index in [2.05, 4.69) is 10.6 Å². The number of hydrogen-bond donors (Lipinski definition) is 3. The molecule has 2 aliphatic rings. The van der Waals surface area contributed by atoms with Crippen LogP contribution in [0.2, 0.25) is 0 Å². The van der Waals surface area contributed by atoms with Gasteiger partial charge in [-0.05, 0) is 43.9 Å². The second-order valence-electron chi connectivity index (χ2n) is 6.62. The van der Waals surface area contributed by atoms with E-state index in [1.54, 1.807) is 24.3 Å². The van der Waals surface area contributed by atoms with Gasteiger partial charge in [0.25, 0.3) is 11.8 Å². The number of carboxylic acids is 1. The van der Waals surface area contributed by atoms with Gasteiger partial charge in [-0.3, -0.25) is 9.59 Å². The van der Waals surface area contributed by atoms with Crippen molar-refractivity contribution >= 4 is 23.5 Å². The van der Waals surface area contributed by atoms with Crippen LogP contribution in [0.15, 0.2) is 24.3 Å². The number of benzene rings is 1. The summed E-state index contributed by atoms with van der Waals surface area (Å²) in [6.45, 7) is 0.581. The van der Waals surface area contributed by atoms with Gasteiger partial charge >= 0.3 is 5.97 Å². The highest BCUT2D eigenvalue weighted by Crippen LogP contribution is 2.30. The van der Waals surface area contributed by atoms with E-state index in [1.807, 2.05) is 0 Å². The number of hydrogen-bond acceptors (Lipinski definition) is 4. The topological polar surface area (TPSA) is 105 Å². The van der Waals surface area contributed by atoms with E-state index >= 15 is 0 Å². The maximum Gasteiger partial charge on any atom is 0.329 e. The van der Waals surface area contributed by atoms with Gasteiger partial charge in [0, 0.05) is 17.9 Å². The molecule has 1 aliphatic carbocycles. The molecule has 0 aromatic heterocycles. The zero-order valence-electron chi connectivity index (χ0n) is 13.9. The lowest BCUT2D eigenvalue weighted by molar-refractivity contribution is -0.144. The quantitative estimate of drug-likeness (QED) is 0.756. The number of ether oxygens (including phenoxy) is 1. The molecule has 3 rings (SSSR count). The molecule has 1 aromatic rings. The van der Waals surface area contributed by atoms with Crippen LogP contribution in [-0.4, -0.2) is 41.1 Å². The minimum Gasteiger partial charge on any atom is -0.480 e. The molecule has 1 saturated heterocycles. The van der Waals surface area contributed by atoms with Crippen LogP contribution in [0.25, 0.3) is 0 Å². The minimum absolute atomic E-state index is 0.229. The van der Waals surface area contributed by atoms with Crippen LogP contribution in [0, 0.1) is 0 Å². The summed E-state index contributed by atoms with van der Waals surface area (Å²) in [6, 6.07) is 6.49. The Balaban J connectivity index is 1.69. The number of carboxylic acid groups (broad SMARTS) is 1. The molecule has 0 radical (unpaired) electrons. The SMILES string of the molecule is O=C(NC1(C(=O)O)CCCC1)c1cccc(NC(=O)C2CCCO2)c1. The zero-order chi connectivity index (χ0) is 17.9. The van der Waals surface area contributed by atoms with Crippen LogP contribution in [0.1, 0.15) is 48.9 Å². The Labute approximate surface area is 145 Å². The average molecular weight is 346 g/mol. The van der Waals surface area contributed by atoms with E-state index in [-0.39, 0.29) is 5.91 Å². The summed E-state index contributed by atoms with van der Waals surface area (Å²) in [6.07, 6.45) is 3.53. The first kappa shape index (κ1) is 17.4. The number of anilines is 1. The smallest absolute Gasteiger partial charge is 0.329 e. The van der Waals surface area contributed by atoms with E-state index < -0.39 is 23.5 Å². The monoisotopic (exact) mass is 346 g/mol. The maximum absolute atomic E-state index is 12.5. The van der Waals surface area contributed by atoms with E-state index in [9.17, 15) is 19.5 Å². The fraction of sp³-hybridized carbons (Fsp3) is 0.500. The highest BCUT2D eigenvalue weighted by molar-refractivity contribution is 6.00. The first-order chi connectivity index (χ1) is 12.0. The summed E-state index contributed by atoms with van der Waals surface area (Å²) in [5.41, 5.74) is -0.379. The predicted molar refractivity (Wildman–Crippen MR) is 90.3 cm³/mol. The lowest BCUT2D eigenvalue weighted by atomic mass is 9.97. The van der Waals surface area contributed by atoms with Crippen molar-refractivity contribution in [3.63, 3.8) is 0 Å². The number of carbonyl (C=O) groups is 3. The number of carbonyl (C=O) groups excluding carboxylic acids is 2. The van der Waals surface area contributed by atoms with Crippen molar-refractivity contribution in [2.24, 2.45) is 0 Å². The van der Waals surface area contributed by atoms with E-state index in [0.717, 1.165) is 19.3 Å². The average Bonchev–Trinajstić information content (AvgIpc) is 3.27. The molecule has 134 valence electrons. The van der Waals surface area contributed by atoms with Gasteiger partial charge in [-0.1, -0.05) is 18.9 Å². The molecule has 1 aromatic carbocycles. The molecule has 7 nitrogen and oxygen atoms in total. The summed E-state index contributed by atoms with van der Waals surface area (Å²) < 4.78 is 5.34. The van der Waals surface area contributed by atoms with Gasteiger partial charge in [-0.2, -0.15) is 0 Å². The molecule has 25 heavy (non-hydrogen) atoms. The third-order valence-electron chi connectivity index (χ3n) is 4.83. The van der Waals surface area contributed by atoms with Crippen LogP contribution in [0.3, 0.4) is 0 Å². The highest BCUT2D eigenvalue weighted by atomic mass is 16.5. The normalized spacial score (nSPS) is 21.7. The Morgan fingerprint density at radius 2 is 1.92 bits per heavy atom. The largest absolute Gasteiger partial charge is 0.480 e. The maximum atomic E-state index is 12.5. The number of nitrogens with one attached hydrogen (secondary N) is 2. The molecular formula is C18H22N2O5.